The number of carbonyl (C=O) groups is 9. The van der Waals surface area contributed by atoms with Gasteiger partial charge < -0.3 is 67.9 Å². The van der Waals surface area contributed by atoms with Gasteiger partial charge in [-0.25, -0.2) is 8.78 Å². The molecule has 3 aliphatic heterocycles. The van der Waals surface area contributed by atoms with Crippen LogP contribution in [0.2, 0.25) is 0 Å². The molecule has 8 atom stereocenters. The molecule has 6 aromatic rings. The second kappa shape index (κ2) is 34.3. The topological polar surface area (TPSA) is 320 Å². The van der Waals surface area contributed by atoms with Crippen LogP contribution < -0.4 is 53.0 Å². The Hall–Kier alpha value is -8.75. The molecule has 0 aliphatic carbocycles. The van der Waals surface area contributed by atoms with Crippen molar-refractivity contribution in [3.8, 4) is 5.75 Å². The van der Waals surface area contributed by atoms with Gasteiger partial charge in [0.05, 0.1) is 7.11 Å². The number of ether oxygens (including phenoxy) is 1. The van der Waals surface area contributed by atoms with Crippen LogP contribution in [0.15, 0.2) is 109 Å². The fraction of sp³-hybridized carbons (Fsp3) is 0.443. The van der Waals surface area contributed by atoms with Gasteiger partial charge in [0.15, 0.2) is 0 Å². The Morgan fingerprint density at radius 3 is 1.79 bits per heavy atom. The van der Waals surface area contributed by atoms with Gasteiger partial charge in [-0.2, -0.15) is 23.5 Å². The summed E-state index contributed by atoms with van der Waals surface area (Å²) in [7, 11) is 1.53. The minimum atomic E-state index is -1.54. The van der Waals surface area contributed by atoms with E-state index in [0.717, 1.165) is 11.1 Å². The number of hydrogen-bond donors (Lipinski definition) is 11. The van der Waals surface area contributed by atoms with E-state index in [1.807, 2.05) is 30.4 Å². The van der Waals surface area contributed by atoms with Crippen molar-refractivity contribution >= 4 is 98.5 Å². The Labute approximate surface area is 565 Å². The van der Waals surface area contributed by atoms with E-state index in [1.54, 1.807) is 67.1 Å². The van der Waals surface area contributed by atoms with Crippen molar-refractivity contribution in [2.24, 2.45) is 5.73 Å². The Balaban J connectivity index is 1.03. The van der Waals surface area contributed by atoms with Gasteiger partial charge in [0.1, 0.15) is 65.2 Å². The van der Waals surface area contributed by atoms with Crippen molar-refractivity contribution in [1.29, 1.82) is 0 Å². The maximum Gasteiger partial charge on any atom is 0.246 e. The molecule has 0 saturated carbocycles. The zero-order chi connectivity index (χ0) is 68.3. The lowest BCUT2D eigenvalue weighted by Crippen LogP contribution is -2.62. The highest BCUT2D eigenvalue weighted by Crippen LogP contribution is 2.31. The number of fused-ring (bicyclic) bond motifs is 8. The van der Waals surface area contributed by atoms with Gasteiger partial charge in [-0.15, -0.1) is 0 Å². The normalized spacial score (nSPS) is 24.5. The lowest BCUT2D eigenvalue weighted by Gasteiger charge is -2.36. The summed E-state index contributed by atoms with van der Waals surface area (Å²) in [6.45, 7) is 4.05. The van der Waals surface area contributed by atoms with E-state index in [2.05, 4.69) is 58.6 Å². The third-order valence-electron chi connectivity index (χ3n) is 17.7. The summed E-state index contributed by atoms with van der Waals surface area (Å²) in [5.74, 6) is -4.19. The maximum atomic E-state index is 15.1. The molecule has 22 nitrogen and oxygen atoms in total. The number of rotatable bonds is 11. The van der Waals surface area contributed by atoms with Gasteiger partial charge in [-0.05, 0) is 155 Å². The van der Waals surface area contributed by atoms with Crippen molar-refractivity contribution in [3.63, 3.8) is 0 Å². The van der Waals surface area contributed by atoms with Crippen molar-refractivity contribution in [2.75, 3.05) is 38.2 Å². The molecule has 2 aromatic heterocycles. The number of nitrogens with one attached hydrogen (secondary N) is 10. The van der Waals surface area contributed by atoms with Gasteiger partial charge in [-0.1, -0.05) is 48.6 Å². The molecule has 0 spiro atoms. The minimum Gasteiger partial charge on any atom is -0.497 e. The second-order valence-corrected chi connectivity index (χ2v) is 27.0. The van der Waals surface area contributed by atoms with Gasteiger partial charge in [0.25, 0.3) is 0 Å². The van der Waals surface area contributed by atoms with Crippen molar-refractivity contribution in [3.05, 3.63) is 149 Å². The third kappa shape index (κ3) is 19.3. The van der Waals surface area contributed by atoms with Crippen LogP contribution in [-0.4, -0.2) is 154 Å². The van der Waals surface area contributed by atoms with Crippen LogP contribution in [-0.2, 0) is 73.9 Å². The molecule has 4 bridgehead atoms. The molecule has 1 fully saturated rings. The summed E-state index contributed by atoms with van der Waals surface area (Å²) >= 11 is 3.19. The van der Waals surface area contributed by atoms with Gasteiger partial charge in [0.2, 0.25) is 53.2 Å². The van der Waals surface area contributed by atoms with Crippen molar-refractivity contribution in [2.45, 2.75) is 157 Å². The average molecular weight is 1360 g/mol. The molecule has 3 aliphatic rings. The SMILES string of the molecule is COc1ccc(C[C@@H]2NC(=O)[C@@H]3CC/C=C\CC[C@H](NC(=O)[C@H](Cc4c[nH]c5ccc(F)cc45)NC(=O)[C@H](Cc4c[nH]c5ccc(F)cc45)NC(=O)[C@@H](C)NC(=O)[C@H](CCCCN)NC(=O)CCSCc4cccc(c4)CSCCNC(=O)[C@]4(C)CCCN4C2=O)C(=O)N3)cc1. The number of unbranched alkanes of at least 4 members (excludes halogenated alkanes) is 1. The van der Waals surface area contributed by atoms with E-state index in [0.29, 0.717) is 119 Å². The molecule has 0 unspecified atom stereocenters. The quantitative estimate of drug-likeness (QED) is 0.0548. The van der Waals surface area contributed by atoms with E-state index < -0.39 is 101 Å². The van der Waals surface area contributed by atoms with E-state index in [4.69, 9.17) is 10.5 Å². The highest BCUT2D eigenvalue weighted by molar-refractivity contribution is 7.98. The Morgan fingerprint density at radius 2 is 1.18 bits per heavy atom. The number of nitrogens with two attached hydrogens (primary N) is 1. The predicted octanol–water partition coefficient (Wildman–Crippen LogP) is 5.70. The Bertz CT molecular complexity index is 3790. The molecular formula is C70H86F2N12O10S2. The smallest absolute Gasteiger partial charge is 0.246 e. The summed E-state index contributed by atoms with van der Waals surface area (Å²) in [6.07, 6.45) is 9.26. The fourth-order valence-electron chi connectivity index (χ4n) is 12.3. The van der Waals surface area contributed by atoms with Crippen LogP contribution in [0.3, 0.4) is 0 Å². The molecule has 96 heavy (non-hydrogen) atoms. The highest BCUT2D eigenvalue weighted by Gasteiger charge is 2.48. The van der Waals surface area contributed by atoms with Crippen LogP contribution >= 0.6 is 23.5 Å². The number of thioether (sulfide) groups is 2. The largest absolute Gasteiger partial charge is 0.497 e. The van der Waals surface area contributed by atoms with Crippen LogP contribution in [0.25, 0.3) is 21.8 Å². The Morgan fingerprint density at radius 1 is 0.615 bits per heavy atom. The van der Waals surface area contributed by atoms with E-state index in [9.17, 15) is 37.5 Å². The minimum absolute atomic E-state index is 0.0166. The zero-order valence-electron chi connectivity index (χ0n) is 54.3. The first-order valence-electron chi connectivity index (χ1n) is 32.7. The number of allylic oxidation sites excluding steroid dienone is 2. The summed E-state index contributed by atoms with van der Waals surface area (Å²) in [4.78, 5) is 139. The average Bonchev–Trinajstić information content (AvgIpc) is 1.58. The standard InChI is InChI=1S/C70H86F2N12O10S2/c1-42-62(86)81-58(34-46-38-75-53-23-19-48(71)36-51(46)53)67(91)82-59(35-47-39-76-54-24-20-49(72)37-52(47)54)66(90)80-56-14-6-4-5-7-15-57(79-64(56)88)65(89)83-60(33-43-17-21-50(94-3)22-18-43)68(92)84-29-11-26-70(84,2)69(93)74-28-31-96-41-45-13-10-12-44(32-45)40-95-30-25-61(85)78-55(63(87)77-42)16-8-9-27-73/h4-5,10,12-13,17-24,32,36-39,42,55-60,75-76H,6-9,11,14-16,25-31,33-35,40-41,73H2,1-3H3,(H,74,93)(H,77,87)(H,78,85)(H,79,88)(H,80,90)(H,81,86)(H,82,91)(H,83,89)/b5-4-/t42-,55+,56+,57+,58+,59+,60+,70+/m1/s1. The van der Waals surface area contributed by atoms with Crippen LogP contribution in [0, 0.1) is 11.6 Å². The molecule has 0 radical (unpaired) electrons. The summed E-state index contributed by atoms with van der Waals surface area (Å²) < 4.78 is 35.2. The van der Waals surface area contributed by atoms with Crippen LogP contribution in [0.5, 0.6) is 5.75 Å². The van der Waals surface area contributed by atoms with Gasteiger partial charge in [0, 0.05) is 96.0 Å². The number of methoxy groups -OCH3 is 1. The molecule has 26 heteroatoms. The number of halogens is 2. The molecule has 512 valence electrons. The summed E-state index contributed by atoms with van der Waals surface area (Å²) in [5.41, 5.74) is 9.19. The Kier molecular flexibility index (Phi) is 25.5. The highest BCUT2D eigenvalue weighted by atomic mass is 32.2. The summed E-state index contributed by atoms with van der Waals surface area (Å²) in [6, 6.07) is 14.0. The van der Waals surface area contributed by atoms with E-state index in [1.165, 1.54) is 55.3 Å². The van der Waals surface area contributed by atoms with Crippen molar-refractivity contribution < 1.29 is 56.7 Å². The predicted molar refractivity (Wildman–Crippen MR) is 366 cm³/mol. The summed E-state index contributed by atoms with van der Waals surface area (Å²) in [5, 5.41) is 23.5. The molecule has 5 heterocycles. The number of aromatic nitrogens is 2. The number of aromatic amines is 2. The molecule has 9 amide bonds. The number of nitrogens with zero attached hydrogens (tertiary/aromatic N) is 1. The molecule has 4 aromatic carbocycles. The van der Waals surface area contributed by atoms with Crippen molar-refractivity contribution in [1.82, 2.24) is 57.4 Å². The zero-order valence-corrected chi connectivity index (χ0v) is 55.9. The molecular weight excluding hydrogens is 1270 g/mol. The van der Waals surface area contributed by atoms with E-state index in [-0.39, 0.29) is 63.3 Å². The molecule has 9 rings (SSSR count). The first-order chi connectivity index (χ1) is 46.3. The van der Waals surface area contributed by atoms with E-state index >= 15 is 14.4 Å². The second-order valence-electron chi connectivity index (χ2n) is 24.8. The van der Waals surface area contributed by atoms with Gasteiger partial charge >= 0.3 is 0 Å². The molecule has 1 saturated heterocycles. The maximum absolute atomic E-state index is 15.1. The number of hydrogen-bond acceptors (Lipinski definition) is 13. The monoisotopic (exact) mass is 1360 g/mol. The number of H-pyrrole nitrogens is 2. The molecule has 12 N–H and O–H groups in total. The number of carbonyl (C=O) groups excluding carboxylic acids is 9. The number of amides is 9. The van der Waals surface area contributed by atoms with Crippen LogP contribution in [0.4, 0.5) is 8.78 Å². The van der Waals surface area contributed by atoms with Gasteiger partial charge in [-0.3, -0.25) is 43.2 Å². The lowest BCUT2D eigenvalue weighted by atomic mass is 9.95. The fourth-order valence-corrected chi connectivity index (χ4v) is 14.0. The third-order valence-corrected chi connectivity index (χ3v) is 19.8. The lowest BCUT2D eigenvalue weighted by molar-refractivity contribution is -0.146. The first kappa shape index (κ1) is 71.5. The van der Waals surface area contributed by atoms with Crippen LogP contribution in [0.1, 0.15) is 106 Å². The number of benzene rings is 4. The first-order valence-corrected chi connectivity index (χ1v) is 35.0.